The van der Waals surface area contributed by atoms with Crippen molar-refractivity contribution < 1.29 is 5.11 Å². The molecule has 0 bridgehead atoms. The van der Waals surface area contributed by atoms with Crippen molar-refractivity contribution >= 4 is 11.4 Å². The van der Waals surface area contributed by atoms with E-state index in [4.69, 9.17) is 0 Å². The van der Waals surface area contributed by atoms with Gasteiger partial charge in [0.2, 0.25) is 5.88 Å². The van der Waals surface area contributed by atoms with Crippen LogP contribution in [-0.4, -0.2) is 5.11 Å². The van der Waals surface area contributed by atoms with Gasteiger partial charge in [-0.3, -0.25) is 4.90 Å². The molecule has 3 aromatic rings. The predicted octanol–water partition coefficient (Wildman–Crippen LogP) is 5.52. The third-order valence-electron chi connectivity index (χ3n) is 4.94. The molecule has 0 saturated carbocycles. The van der Waals surface area contributed by atoms with Crippen LogP contribution in [0.1, 0.15) is 17.0 Å². The van der Waals surface area contributed by atoms with Crippen LogP contribution < -0.4 is 4.90 Å². The van der Waals surface area contributed by atoms with Gasteiger partial charge in [0.25, 0.3) is 0 Å². The van der Waals surface area contributed by atoms with Gasteiger partial charge in [-0.05, 0) is 23.3 Å². The Morgan fingerprint density at radius 3 is 1.76 bits per heavy atom. The zero-order valence-corrected chi connectivity index (χ0v) is 15.5. The molecule has 0 spiro atoms. The molecule has 0 amide bonds. The van der Waals surface area contributed by atoms with E-state index in [0.717, 1.165) is 11.1 Å². The summed E-state index contributed by atoms with van der Waals surface area (Å²) in [6.07, 6.45) is 0. The fraction of sp³-hybridized carbons (Fsp3) is 0.0400. The summed E-state index contributed by atoms with van der Waals surface area (Å²) in [4.78, 5) is 1.59. The predicted molar refractivity (Wildman–Crippen MR) is 112 cm³/mol. The second-order valence-corrected chi connectivity index (χ2v) is 6.60. The monoisotopic (exact) mass is 375 g/mol. The first-order valence-electron chi connectivity index (χ1n) is 9.19. The van der Waals surface area contributed by atoms with Gasteiger partial charge >= 0.3 is 0 Å². The average molecular weight is 375 g/mol. The molecule has 29 heavy (non-hydrogen) atoms. The fourth-order valence-corrected chi connectivity index (χ4v) is 3.68. The van der Waals surface area contributed by atoms with Gasteiger partial charge in [0.1, 0.15) is 11.6 Å². The van der Waals surface area contributed by atoms with E-state index >= 15 is 0 Å². The number of allylic oxidation sites excluding steroid dienone is 2. The number of aliphatic hydroxyl groups excluding tert-OH is 1. The van der Waals surface area contributed by atoms with Gasteiger partial charge in [0, 0.05) is 5.69 Å². The number of benzene rings is 3. The lowest BCUT2D eigenvalue weighted by Gasteiger charge is -2.35. The minimum atomic E-state index is -0.638. The first-order chi connectivity index (χ1) is 14.3. The van der Waals surface area contributed by atoms with Crippen molar-refractivity contribution in [2.75, 3.05) is 4.90 Å². The van der Waals surface area contributed by atoms with Crippen molar-refractivity contribution in [1.29, 1.82) is 10.5 Å². The fourth-order valence-electron chi connectivity index (χ4n) is 3.68. The zero-order valence-electron chi connectivity index (χ0n) is 15.5. The normalized spacial score (nSPS) is 16.3. The van der Waals surface area contributed by atoms with Crippen LogP contribution in [0.5, 0.6) is 0 Å². The highest BCUT2D eigenvalue weighted by molar-refractivity contribution is 5.90. The summed E-state index contributed by atoms with van der Waals surface area (Å²) >= 11 is 0. The number of para-hydroxylation sites is 1. The Morgan fingerprint density at radius 1 is 0.690 bits per heavy atom. The van der Waals surface area contributed by atoms with Crippen LogP contribution in [0.4, 0.5) is 5.69 Å². The number of hydrogen-bond acceptors (Lipinski definition) is 4. The minimum Gasteiger partial charge on any atom is -0.493 e. The van der Waals surface area contributed by atoms with Crippen LogP contribution in [0, 0.1) is 22.7 Å². The summed E-state index contributed by atoms with van der Waals surface area (Å²) in [5.74, 6) is -0.799. The van der Waals surface area contributed by atoms with Crippen LogP contribution in [0.3, 0.4) is 0 Å². The lowest BCUT2D eigenvalue weighted by atomic mass is 9.80. The molecule has 1 aliphatic rings. The van der Waals surface area contributed by atoms with Crippen molar-refractivity contribution in [3.63, 3.8) is 0 Å². The summed E-state index contributed by atoms with van der Waals surface area (Å²) in [7, 11) is 0. The Balaban J connectivity index is 2.06. The van der Waals surface area contributed by atoms with E-state index in [1.807, 2.05) is 91.0 Å². The molecule has 1 heterocycles. The highest BCUT2D eigenvalue weighted by Gasteiger charge is 2.37. The molecule has 0 saturated heterocycles. The van der Waals surface area contributed by atoms with Gasteiger partial charge < -0.3 is 5.11 Å². The maximum atomic E-state index is 11.2. The van der Waals surface area contributed by atoms with Gasteiger partial charge in [-0.2, -0.15) is 10.5 Å². The molecule has 0 aromatic heterocycles. The molecule has 1 atom stereocenters. The number of hydrogen-bond donors (Lipinski definition) is 1. The first kappa shape index (κ1) is 18.1. The molecule has 0 fully saturated rings. The SMILES string of the molecule is N#CC1=C(O)N(c2ccccc2)C(c2ccccc2)=C(C#N)C1c1ccccc1. The second-order valence-electron chi connectivity index (χ2n) is 6.60. The first-order valence-corrected chi connectivity index (χ1v) is 9.19. The van der Waals surface area contributed by atoms with Crippen molar-refractivity contribution in [3.05, 3.63) is 119 Å². The molecule has 4 rings (SSSR count). The van der Waals surface area contributed by atoms with Crippen molar-refractivity contribution in [1.82, 2.24) is 0 Å². The van der Waals surface area contributed by atoms with Gasteiger partial charge in [-0.15, -0.1) is 0 Å². The molecule has 1 unspecified atom stereocenters. The summed E-state index contributed by atoms with van der Waals surface area (Å²) in [6, 6.07) is 32.5. The Bertz CT molecular complexity index is 1170. The van der Waals surface area contributed by atoms with E-state index in [0.29, 0.717) is 17.0 Å². The lowest BCUT2D eigenvalue weighted by molar-refractivity contribution is 0.392. The summed E-state index contributed by atoms with van der Waals surface area (Å²) in [6.45, 7) is 0. The van der Waals surface area contributed by atoms with Crippen LogP contribution >= 0.6 is 0 Å². The largest absolute Gasteiger partial charge is 0.493 e. The van der Waals surface area contributed by atoms with E-state index < -0.39 is 5.92 Å². The van der Waals surface area contributed by atoms with Gasteiger partial charge in [-0.25, -0.2) is 0 Å². The highest BCUT2D eigenvalue weighted by atomic mass is 16.3. The molecule has 3 aromatic carbocycles. The molecule has 4 nitrogen and oxygen atoms in total. The minimum absolute atomic E-state index is 0.149. The van der Waals surface area contributed by atoms with Gasteiger partial charge in [0.15, 0.2) is 0 Å². The number of rotatable bonds is 3. The zero-order chi connectivity index (χ0) is 20.2. The second kappa shape index (κ2) is 7.76. The summed E-state index contributed by atoms with van der Waals surface area (Å²) < 4.78 is 0. The van der Waals surface area contributed by atoms with Crippen LogP contribution in [0.2, 0.25) is 0 Å². The van der Waals surface area contributed by atoms with E-state index in [-0.39, 0.29) is 11.5 Å². The number of nitrogens with zero attached hydrogens (tertiary/aromatic N) is 3. The molecular formula is C25H17N3O. The number of aliphatic hydroxyl groups is 1. The van der Waals surface area contributed by atoms with Gasteiger partial charge in [0.05, 0.1) is 23.3 Å². The van der Waals surface area contributed by atoms with Crippen LogP contribution in [-0.2, 0) is 0 Å². The molecule has 4 heteroatoms. The maximum absolute atomic E-state index is 11.2. The van der Waals surface area contributed by atoms with Crippen molar-refractivity contribution in [2.24, 2.45) is 0 Å². The van der Waals surface area contributed by atoms with E-state index in [2.05, 4.69) is 12.1 Å². The smallest absolute Gasteiger partial charge is 0.211 e. The number of nitriles is 2. The molecular weight excluding hydrogens is 358 g/mol. The summed E-state index contributed by atoms with van der Waals surface area (Å²) in [5, 5.41) is 31.3. The van der Waals surface area contributed by atoms with E-state index in [1.165, 1.54) is 0 Å². The van der Waals surface area contributed by atoms with Crippen LogP contribution in [0.15, 0.2) is 108 Å². The third kappa shape index (κ3) is 3.14. The third-order valence-corrected chi connectivity index (χ3v) is 4.94. The van der Waals surface area contributed by atoms with Crippen molar-refractivity contribution in [2.45, 2.75) is 5.92 Å². The molecule has 1 N–H and O–H groups in total. The molecule has 0 radical (unpaired) electrons. The Labute approximate surface area is 169 Å². The van der Waals surface area contributed by atoms with E-state index in [1.54, 1.807) is 4.90 Å². The van der Waals surface area contributed by atoms with Crippen LogP contribution in [0.25, 0.3) is 5.70 Å². The van der Waals surface area contributed by atoms with E-state index in [9.17, 15) is 15.6 Å². The summed E-state index contributed by atoms with van der Waals surface area (Å²) in [5.41, 5.74) is 3.39. The Kier molecular flexibility index (Phi) is 4.84. The quantitative estimate of drug-likeness (QED) is 0.654. The number of anilines is 1. The topological polar surface area (TPSA) is 71.0 Å². The molecule has 1 aliphatic heterocycles. The Hall–Kier alpha value is -4.28. The lowest BCUT2D eigenvalue weighted by Crippen LogP contribution is -2.30. The van der Waals surface area contributed by atoms with Crippen molar-refractivity contribution in [3.8, 4) is 12.1 Å². The Morgan fingerprint density at radius 2 is 1.21 bits per heavy atom. The van der Waals surface area contributed by atoms with Gasteiger partial charge in [-0.1, -0.05) is 78.9 Å². The molecule has 138 valence electrons. The molecule has 0 aliphatic carbocycles. The standard InChI is InChI=1S/C25H17N3O/c26-16-21-23(18-10-4-1-5-11-18)22(17-27)25(29)28(20-14-8-3-9-15-20)24(21)19-12-6-2-7-13-19/h1-15,23,29H. The highest BCUT2D eigenvalue weighted by Crippen LogP contribution is 2.45. The average Bonchev–Trinajstić information content (AvgIpc) is 2.80. The maximum Gasteiger partial charge on any atom is 0.211 e.